The normalized spacial score (nSPS) is 11.7. The van der Waals surface area contributed by atoms with Crippen molar-refractivity contribution in [2.75, 3.05) is 5.32 Å². The number of aromatic nitrogens is 4. The van der Waals surface area contributed by atoms with Crippen molar-refractivity contribution < 1.29 is 9.18 Å². The van der Waals surface area contributed by atoms with E-state index >= 15 is 0 Å². The number of nitrogens with one attached hydrogen (secondary N) is 1. The largest absolute Gasteiger partial charge is 0.325 e. The smallest absolute Gasteiger partial charge is 0.264 e. The molecule has 0 unspecified atom stereocenters. The van der Waals surface area contributed by atoms with Crippen LogP contribution in [0.5, 0.6) is 0 Å². The SMILES string of the molecule is CC(C)(C)n1ncc2c(=O)n(CC(=O)Nc3ccc(F)cc3)cnc21. The van der Waals surface area contributed by atoms with E-state index in [1.165, 1.54) is 41.4 Å². The number of anilines is 1. The van der Waals surface area contributed by atoms with E-state index in [4.69, 9.17) is 0 Å². The number of halogens is 1. The number of hydrogen-bond acceptors (Lipinski definition) is 4. The number of benzene rings is 1. The summed E-state index contributed by atoms with van der Waals surface area (Å²) in [6.45, 7) is 5.69. The van der Waals surface area contributed by atoms with Gasteiger partial charge in [-0.05, 0) is 45.0 Å². The first kappa shape index (κ1) is 16.8. The highest BCUT2D eigenvalue weighted by Crippen LogP contribution is 2.17. The predicted molar refractivity (Wildman–Crippen MR) is 91.8 cm³/mol. The van der Waals surface area contributed by atoms with Gasteiger partial charge in [0.1, 0.15) is 24.1 Å². The van der Waals surface area contributed by atoms with E-state index in [1.54, 1.807) is 4.68 Å². The van der Waals surface area contributed by atoms with Crippen LogP contribution < -0.4 is 10.9 Å². The highest BCUT2D eigenvalue weighted by atomic mass is 19.1. The van der Waals surface area contributed by atoms with Gasteiger partial charge in [0.2, 0.25) is 5.91 Å². The van der Waals surface area contributed by atoms with Gasteiger partial charge in [0, 0.05) is 5.69 Å². The van der Waals surface area contributed by atoms with Gasteiger partial charge in [-0.2, -0.15) is 5.10 Å². The Kier molecular flexibility index (Phi) is 4.12. The molecule has 0 bridgehead atoms. The minimum Gasteiger partial charge on any atom is -0.325 e. The van der Waals surface area contributed by atoms with Crippen molar-refractivity contribution in [1.82, 2.24) is 19.3 Å². The Balaban J connectivity index is 1.84. The molecule has 0 saturated heterocycles. The van der Waals surface area contributed by atoms with E-state index in [9.17, 15) is 14.0 Å². The number of fused-ring (bicyclic) bond motifs is 1. The van der Waals surface area contributed by atoms with Crippen LogP contribution in [0.4, 0.5) is 10.1 Å². The Labute approximate surface area is 143 Å². The zero-order chi connectivity index (χ0) is 18.2. The Hall–Kier alpha value is -3.03. The maximum absolute atomic E-state index is 12.9. The zero-order valence-electron chi connectivity index (χ0n) is 14.2. The predicted octanol–water partition coefficient (Wildman–Crippen LogP) is 2.13. The molecule has 0 fully saturated rings. The van der Waals surface area contributed by atoms with Gasteiger partial charge in [-0.1, -0.05) is 0 Å². The molecule has 3 rings (SSSR count). The van der Waals surface area contributed by atoms with Crippen molar-refractivity contribution in [3.05, 3.63) is 53.0 Å². The second-order valence-corrected chi connectivity index (χ2v) is 6.70. The third-order valence-corrected chi connectivity index (χ3v) is 3.63. The summed E-state index contributed by atoms with van der Waals surface area (Å²) in [5.74, 6) is -0.794. The van der Waals surface area contributed by atoms with Crippen molar-refractivity contribution in [3.8, 4) is 0 Å². The summed E-state index contributed by atoms with van der Waals surface area (Å²) in [6, 6.07) is 5.39. The highest BCUT2D eigenvalue weighted by molar-refractivity contribution is 5.90. The number of nitrogens with zero attached hydrogens (tertiary/aromatic N) is 4. The molecule has 1 amide bonds. The van der Waals surface area contributed by atoms with Crippen molar-refractivity contribution >= 4 is 22.6 Å². The summed E-state index contributed by atoms with van der Waals surface area (Å²) in [4.78, 5) is 28.9. The van der Waals surface area contributed by atoms with Crippen LogP contribution in [0.3, 0.4) is 0 Å². The molecule has 7 nitrogen and oxygen atoms in total. The van der Waals surface area contributed by atoms with E-state index in [2.05, 4.69) is 15.4 Å². The van der Waals surface area contributed by atoms with Crippen LogP contribution in [0, 0.1) is 5.82 Å². The van der Waals surface area contributed by atoms with Crippen molar-refractivity contribution in [2.24, 2.45) is 0 Å². The van der Waals surface area contributed by atoms with Gasteiger partial charge in [-0.25, -0.2) is 14.1 Å². The molecule has 8 heteroatoms. The van der Waals surface area contributed by atoms with E-state index in [0.29, 0.717) is 16.7 Å². The Bertz CT molecular complexity index is 983. The first-order valence-corrected chi connectivity index (χ1v) is 7.75. The molecule has 130 valence electrons. The van der Waals surface area contributed by atoms with Gasteiger partial charge in [0.25, 0.3) is 5.56 Å². The van der Waals surface area contributed by atoms with E-state index < -0.39 is 5.91 Å². The molecular formula is C17H18FN5O2. The molecule has 1 aromatic carbocycles. The minimum absolute atomic E-state index is 0.195. The first-order valence-electron chi connectivity index (χ1n) is 7.75. The third kappa shape index (κ3) is 3.42. The molecule has 0 saturated carbocycles. The first-order chi connectivity index (χ1) is 11.8. The van der Waals surface area contributed by atoms with Crippen LogP contribution in [0.2, 0.25) is 0 Å². The number of carbonyl (C=O) groups is 1. The summed E-state index contributed by atoms with van der Waals surface area (Å²) in [5.41, 5.74) is 0.282. The molecule has 0 spiro atoms. The van der Waals surface area contributed by atoms with E-state index in [0.717, 1.165) is 0 Å². The molecule has 2 heterocycles. The monoisotopic (exact) mass is 343 g/mol. The lowest BCUT2D eigenvalue weighted by atomic mass is 10.1. The van der Waals surface area contributed by atoms with Gasteiger partial charge in [0.15, 0.2) is 5.65 Å². The van der Waals surface area contributed by atoms with Gasteiger partial charge in [0.05, 0.1) is 11.7 Å². The van der Waals surface area contributed by atoms with Crippen molar-refractivity contribution in [2.45, 2.75) is 32.9 Å². The highest BCUT2D eigenvalue weighted by Gasteiger charge is 2.20. The van der Waals surface area contributed by atoms with Crippen LogP contribution in [0.25, 0.3) is 11.0 Å². The molecule has 0 aliphatic carbocycles. The molecule has 25 heavy (non-hydrogen) atoms. The molecule has 3 aromatic rings. The number of rotatable bonds is 3. The second-order valence-electron chi connectivity index (χ2n) is 6.70. The lowest BCUT2D eigenvalue weighted by molar-refractivity contribution is -0.116. The van der Waals surface area contributed by atoms with Gasteiger partial charge in [-0.15, -0.1) is 0 Å². The molecule has 0 radical (unpaired) electrons. The van der Waals surface area contributed by atoms with Crippen LogP contribution >= 0.6 is 0 Å². The standard InChI is InChI=1S/C17H18FN5O2/c1-17(2,3)23-15-13(8-20-23)16(25)22(10-19-15)9-14(24)21-12-6-4-11(18)5-7-12/h4-8,10H,9H2,1-3H3,(H,21,24). The maximum atomic E-state index is 12.9. The van der Waals surface area contributed by atoms with E-state index in [-0.39, 0.29) is 23.5 Å². The summed E-state index contributed by atoms with van der Waals surface area (Å²) in [6.07, 6.45) is 2.79. The lowest BCUT2D eigenvalue weighted by Crippen LogP contribution is -2.29. The Morgan fingerprint density at radius 2 is 1.92 bits per heavy atom. The van der Waals surface area contributed by atoms with Crippen molar-refractivity contribution in [1.29, 1.82) is 0 Å². The summed E-state index contributed by atoms with van der Waals surface area (Å²) < 4.78 is 15.8. The van der Waals surface area contributed by atoms with Gasteiger partial charge < -0.3 is 5.32 Å². The fourth-order valence-electron chi connectivity index (χ4n) is 2.44. The Morgan fingerprint density at radius 1 is 1.24 bits per heavy atom. The third-order valence-electron chi connectivity index (χ3n) is 3.63. The van der Waals surface area contributed by atoms with Crippen molar-refractivity contribution in [3.63, 3.8) is 0 Å². The van der Waals surface area contributed by atoms with Crippen LogP contribution in [0.1, 0.15) is 20.8 Å². The lowest BCUT2D eigenvalue weighted by Gasteiger charge is -2.19. The molecule has 1 N–H and O–H groups in total. The summed E-state index contributed by atoms with van der Waals surface area (Å²) in [7, 11) is 0. The average molecular weight is 343 g/mol. The average Bonchev–Trinajstić information content (AvgIpc) is 2.97. The second kappa shape index (κ2) is 6.12. The minimum atomic E-state index is -0.405. The fraction of sp³-hybridized carbons (Fsp3) is 0.294. The fourth-order valence-corrected chi connectivity index (χ4v) is 2.44. The topological polar surface area (TPSA) is 81.8 Å². The molecular weight excluding hydrogens is 325 g/mol. The summed E-state index contributed by atoms with van der Waals surface area (Å²) in [5, 5.41) is 7.19. The molecule has 0 aliphatic heterocycles. The van der Waals surface area contributed by atoms with Crippen LogP contribution in [-0.4, -0.2) is 25.2 Å². The van der Waals surface area contributed by atoms with Crippen LogP contribution in [0.15, 0.2) is 41.6 Å². The van der Waals surface area contributed by atoms with Gasteiger partial charge in [-0.3, -0.25) is 14.2 Å². The summed E-state index contributed by atoms with van der Waals surface area (Å²) >= 11 is 0. The van der Waals surface area contributed by atoms with Gasteiger partial charge >= 0.3 is 0 Å². The number of amides is 1. The molecule has 0 aliphatic rings. The molecule has 2 aromatic heterocycles. The molecule has 0 atom stereocenters. The Morgan fingerprint density at radius 3 is 2.56 bits per heavy atom. The van der Waals surface area contributed by atoms with Crippen LogP contribution in [-0.2, 0) is 16.9 Å². The zero-order valence-corrected chi connectivity index (χ0v) is 14.2. The quantitative estimate of drug-likeness (QED) is 0.790. The number of carbonyl (C=O) groups excluding carboxylic acids is 1. The number of hydrogen-bond donors (Lipinski definition) is 1. The maximum Gasteiger partial charge on any atom is 0.264 e. The van der Waals surface area contributed by atoms with E-state index in [1.807, 2.05) is 20.8 Å².